The van der Waals surface area contributed by atoms with E-state index in [9.17, 15) is 0 Å². The normalized spacial score (nSPS) is 11.4. The van der Waals surface area contributed by atoms with Crippen molar-refractivity contribution in [1.82, 2.24) is 0 Å². The lowest BCUT2D eigenvalue weighted by atomic mass is 10.1. The largest absolute Gasteiger partial charge is 0.385 e. The lowest BCUT2D eigenvalue weighted by molar-refractivity contribution is 0.0185. The highest BCUT2D eigenvalue weighted by Gasteiger charge is 2.15. The average molecular weight is 264 g/mol. The Bertz CT molecular complexity index is 356. The third-order valence-corrected chi connectivity index (χ3v) is 3.60. The zero-order valence-corrected chi connectivity index (χ0v) is 13.0. The smallest absolute Gasteiger partial charge is 0.0639 e. The molecule has 1 aromatic rings. The van der Waals surface area contributed by atoms with Gasteiger partial charge < -0.3 is 15.0 Å². The van der Waals surface area contributed by atoms with Gasteiger partial charge in [0, 0.05) is 38.1 Å². The molecule has 3 nitrogen and oxygen atoms in total. The molecule has 0 aliphatic carbocycles. The molecule has 0 heterocycles. The van der Waals surface area contributed by atoms with Gasteiger partial charge in [0.25, 0.3) is 0 Å². The highest BCUT2D eigenvalue weighted by Crippen LogP contribution is 2.18. The molecule has 0 radical (unpaired) electrons. The van der Waals surface area contributed by atoms with Gasteiger partial charge in [-0.3, -0.25) is 0 Å². The van der Waals surface area contributed by atoms with Crippen LogP contribution in [0.4, 0.5) is 11.4 Å². The lowest BCUT2D eigenvalue weighted by Crippen LogP contribution is -2.25. The molecule has 0 saturated carbocycles. The molecule has 0 unspecified atom stereocenters. The number of benzene rings is 1. The maximum Gasteiger partial charge on any atom is 0.0639 e. The summed E-state index contributed by atoms with van der Waals surface area (Å²) in [6, 6.07) is 8.65. The zero-order chi connectivity index (χ0) is 14.3. The average Bonchev–Trinajstić information content (AvgIpc) is 2.42. The second kappa shape index (κ2) is 7.39. The predicted octanol–water partition coefficient (Wildman–Crippen LogP) is 3.76. The van der Waals surface area contributed by atoms with Gasteiger partial charge in [-0.2, -0.15) is 0 Å². The Balaban J connectivity index is 2.49. The van der Waals surface area contributed by atoms with Gasteiger partial charge in [-0.05, 0) is 58.4 Å². The van der Waals surface area contributed by atoms with Crippen LogP contribution >= 0.6 is 0 Å². The number of methoxy groups -OCH3 is 1. The Kier molecular flexibility index (Phi) is 6.16. The summed E-state index contributed by atoms with van der Waals surface area (Å²) in [6.07, 6.45) is 0.987. The molecule has 0 saturated heterocycles. The summed E-state index contributed by atoms with van der Waals surface area (Å²) in [5.41, 5.74) is 2.39. The van der Waals surface area contributed by atoms with E-state index in [0.29, 0.717) is 0 Å². The topological polar surface area (TPSA) is 24.5 Å². The lowest BCUT2D eigenvalue weighted by Gasteiger charge is -2.23. The van der Waals surface area contributed by atoms with Crippen LogP contribution in [0.1, 0.15) is 34.1 Å². The SMILES string of the molecule is CCN(CC)c1ccc(NCCC(C)(C)OC)cc1. The number of rotatable bonds is 8. The van der Waals surface area contributed by atoms with Crippen LogP contribution in [0.5, 0.6) is 0 Å². The second-order valence-electron chi connectivity index (χ2n) is 5.36. The summed E-state index contributed by atoms with van der Waals surface area (Å²) in [5, 5.41) is 3.44. The van der Waals surface area contributed by atoms with Gasteiger partial charge in [0.15, 0.2) is 0 Å². The first kappa shape index (κ1) is 15.8. The number of anilines is 2. The van der Waals surface area contributed by atoms with Crippen molar-refractivity contribution < 1.29 is 4.74 Å². The van der Waals surface area contributed by atoms with Crippen LogP contribution in [-0.2, 0) is 4.74 Å². The van der Waals surface area contributed by atoms with E-state index in [1.807, 2.05) is 0 Å². The maximum absolute atomic E-state index is 5.41. The summed E-state index contributed by atoms with van der Waals surface area (Å²) >= 11 is 0. The molecule has 0 aliphatic heterocycles. The fraction of sp³-hybridized carbons (Fsp3) is 0.625. The summed E-state index contributed by atoms with van der Waals surface area (Å²) in [5.74, 6) is 0. The molecular formula is C16H28N2O. The van der Waals surface area contributed by atoms with Crippen molar-refractivity contribution in [2.75, 3.05) is 37.0 Å². The van der Waals surface area contributed by atoms with Gasteiger partial charge in [-0.1, -0.05) is 0 Å². The van der Waals surface area contributed by atoms with E-state index < -0.39 is 0 Å². The number of hydrogen-bond acceptors (Lipinski definition) is 3. The van der Waals surface area contributed by atoms with Crippen LogP contribution in [0.25, 0.3) is 0 Å². The van der Waals surface area contributed by atoms with Crippen LogP contribution in [0.2, 0.25) is 0 Å². The first-order chi connectivity index (χ1) is 9.02. The maximum atomic E-state index is 5.41. The first-order valence-corrected chi connectivity index (χ1v) is 7.16. The van der Waals surface area contributed by atoms with Crippen molar-refractivity contribution in [2.45, 2.75) is 39.7 Å². The standard InChI is InChI=1S/C16H28N2O/c1-6-18(7-2)15-10-8-14(9-11-15)17-13-12-16(3,4)19-5/h8-11,17H,6-7,12-13H2,1-5H3. The third kappa shape index (κ3) is 5.11. The van der Waals surface area contributed by atoms with Crippen LogP contribution in [-0.4, -0.2) is 32.3 Å². The molecule has 108 valence electrons. The molecule has 19 heavy (non-hydrogen) atoms. The quantitative estimate of drug-likeness (QED) is 0.773. The Morgan fingerprint density at radius 1 is 1.11 bits per heavy atom. The summed E-state index contributed by atoms with van der Waals surface area (Å²) in [7, 11) is 1.76. The highest BCUT2D eigenvalue weighted by molar-refractivity contribution is 5.55. The molecule has 0 atom stereocenters. The van der Waals surface area contributed by atoms with Gasteiger partial charge in [-0.25, -0.2) is 0 Å². The van der Waals surface area contributed by atoms with Crippen molar-refractivity contribution in [2.24, 2.45) is 0 Å². The van der Waals surface area contributed by atoms with E-state index in [1.54, 1.807) is 7.11 Å². The fourth-order valence-electron chi connectivity index (χ4n) is 1.99. The molecule has 0 aromatic heterocycles. The van der Waals surface area contributed by atoms with Gasteiger partial charge >= 0.3 is 0 Å². The molecule has 0 spiro atoms. The molecule has 0 bridgehead atoms. The van der Waals surface area contributed by atoms with Crippen molar-refractivity contribution in [3.63, 3.8) is 0 Å². The van der Waals surface area contributed by atoms with Gasteiger partial charge in [-0.15, -0.1) is 0 Å². The number of nitrogens with one attached hydrogen (secondary N) is 1. The minimum atomic E-state index is -0.0613. The molecule has 1 aromatic carbocycles. The van der Waals surface area contributed by atoms with Crippen LogP contribution in [0.15, 0.2) is 24.3 Å². The van der Waals surface area contributed by atoms with Crippen LogP contribution < -0.4 is 10.2 Å². The van der Waals surface area contributed by atoms with Crippen LogP contribution in [0, 0.1) is 0 Å². The Morgan fingerprint density at radius 3 is 2.16 bits per heavy atom. The van der Waals surface area contributed by atoms with E-state index in [1.165, 1.54) is 11.4 Å². The van der Waals surface area contributed by atoms with E-state index >= 15 is 0 Å². The van der Waals surface area contributed by atoms with E-state index in [2.05, 4.69) is 62.2 Å². The molecule has 3 heteroatoms. The monoisotopic (exact) mass is 264 g/mol. The van der Waals surface area contributed by atoms with Gasteiger partial charge in [0.1, 0.15) is 0 Å². The first-order valence-electron chi connectivity index (χ1n) is 7.16. The predicted molar refractivity (Wildman–Crippen MR) is 84.2 cm³/mol. The Morgan fingerprint density at radius 2 is 1.68 bits per heavy atom. The number of nitrogens with zero attached hydrogens (tertiary/aromatic N) is 1. The second-order valence-corrected chi connectivity index (χ2v) is 5.36. The Labute approximate surface area is 118 Å². The van der Waals surface area contributed by atoms with E-state index in [-0.39, 0.29) is 5.60 Å². The highest BCUT2D eigenvalue weighted by atomic mass is 16.5. The zero-order valence-electron chi connectivity index (χ0n) is 13.0. The van der Waals surface area contributed by atoms with Crippen molar-refractivity contribution in [3.8, 4) is 0 Å². The molecular weight excluding hydrogens is 236 g/mol. The van der Waals surface area contributed by atoms with Crippen molar-refractivity contribution in [1.29, 1.82) is 0 Å². The fourth-order valence-corrected chi connectivity index (χ4v) is 1.99. The molecule has 1 N–H and O–H groups in total. The van der Waals surface area contributed by atoms with Crippen LogP contribution in [0.3, 0.4) is 0 Å². The van der Waals surface area contributed by atoms with Crippen molar-refractivity contribution >= 4 is 11.4 Å². The number of ether oxygens (including phenoxy) is 1. The minimum Gasteiger partial charge on any atom is -0.385 e. The third-order valence-electron chi connectivity index (χ3n) is 3.60. The molecule has 1 rings (SSSR count). The van der Waals surface area contributed by atoms with Gasteiger partial charge in [0.05, 0.1) is 5.60 Å². The summed E-state index contributed by atoms with van der Waals surface area (Å²) < 4.78 is 5.41. The van der Waals surface area contributed by atoms with E-state index in [4.69, 9.17) is 4.74 Å². The molecule has 0 amide bonds. The Hall–Kier alpha value is -1.22. The van der Waals surface area contributed by atoms with Crippen molar-refractivity contribution in [3.05, 3.63) is 24.3 Å². The van der Waals surface area contributed by atoms with E-state index in [0.717, 1.165) is 26.1 Å². The van der Waals surface area contributed by atoms with Gasteiger partial charge in [0.2, 0.25) is 0 Å². The molecule has 0 fully saturated rings. The molecule has 0 aliphatic rings. The minimum absolute atomic E-state index is 0.0613. The number of hydrogen-bond donors (Lipinski definition) is 1. The summed E-state index contributed by atoms with van der Waals surface area (Å²) in [6.45, 7) is 11.6. The summed E-state index contributed by atoms with van der Waals surface area (Å²) in [4.78, 5) is 2.35.